The van der Waals surface area contributed by atoms with E-state index in [4.69, 9.17) is 0 Å². The predicted molar refractivity (Wildman–Crippen MR) is 80.8 cm³/mol. The van der Waals surface area contributed by atoms with Crippen LogP contribution in [-0.4, -0.2) is 24.9 Å². The highest BCUT2D eigenvalue weighted by molar-refractivity contribution is 6.05. The monoisotopic (exact) mass is 274 g/mol. The summed E-state index contributed by atoms with van der Waals surface area (Å²) < 4.78 is 0. The molecule has 1 aromatic rings. The van der Waals surface area contributed by atoms with Crippen molar-refractivity contribution in [2.45, 2.75) is 27.7 Å². The van der Waals surface area contributed by atoms with Crippen molar-refractivity contribution in [1.29, 1.82) is 0 Å². The number of benzene rings is 1. The van der Waals surface area contributed by atoms with Crippen LogP contribution in [0.1, 0.15) is 27.7 Å². The van der Waals surface area contributed by atoms with Gasteiger partial charge in [-0.3, -0.25) is 9.59 Å². The lowest BCUT2D eigenvalue weighted by molar-refractivity contribution is -0.123. The van der Waals surface area contributed by atoms with Gasteiger partial charge in [0.2, 0.25) is 11.8 Å². The first-order chi connectivity index (χ1) is 9.47. The van der Waals surface area contributed by atoms with Crippen molar-refractivity contribution in [2.75, 3.05) is 22.9 Å². The number of para-hydroxylation sites is 2. The van der Waals surface area contributed by atoms with Crippen LogP contribution in [0.4, 0.5) is 11.4 Å². The first kappa shape index (κ1) is 14.6. The lowest BCUT2D eigenvalue weighted by Gasteiger charge is -2.25. The van der Waals surface area contributed by atoms with E-state index in [1.807, 2.05) is 45.0 Å². The topological polar surface area (TPSA) is 40.6 Å². The van der Waals surface area contributed by atoms with Crippen LogP contribution in [0.3, 0.4) is 0 Å². The number of fused-ring (bicyclic) bond motifs is 1. The molecule has 2 rings (SSSR count). The molecule has 4 heteroatoms. The lowest BCUT2D eigenvalue weighted by Crippen LogP contribution is -2.41. The zero-order valence-corrected chi connectivity index (χ0v) is 12.6. The highest BCUT2D eigenvalue weighted by atomic mass is 16.2. The van der Waals surface area contributed by atoms with E-state index in [1.54, 1.807) is 16.7 Å². The number of carbonyl (C=O) groups excluding carboxylic acids is 2. The van der Waals surface area contributed by atoms with E-state index < -0.39 is 0 Å². The normalized spacial score (nSPS) is 19.1. The maximum absolute atomic E-state index is 12.7. The summed E-state index contributed by atoms with van der Waals surface area (Å²) >= 11 is 0. The van der Waals surface area contributed by atoms with Crippen molar-refractivity contribution < 1.29 is 9.59 Å². The van der Waals surface area contributed by atoms with E-state index in [-0.39, 0.29) is 23.7 Å². The van der Waals surface area contributed by atoms with Crippen molar-refractivity contribution in [3.8, 4) is 0 Å². The smallest absolute Gasteiger partial charge is 0.232 e. The quantitative estimate of drug-likeness (QED) is 0.832. The van der Waals surface area contributed by atoms with Gasteiger partial charge in [-0.15, -0.1) is 0 Å². The molecule has 108 valence electrons. The summed E-state index contributed by atoms with van der Waals surface area (Å²) in [6.45, 7) is 8.66. The summed E-state index contributed by atoms with van der Waals surface area (Å²) in [5, 5.41) is 0. The number of amides is 2. The Morgan fingerprint density at radius 3 is 2.40 bits per heavy atom. The molecule has 0 aromatic heterocycles. The molecule has 0 spiro atoms. The molecule has 1 atom stereocenters. The number of hydrogen-bond acceptors (Lipinski definition) is 2. The molecule has 20 heavy (non-hydrogen) atoms. The summed E-state index contributed by atoms with van der Waals surface area (Å²) in [5.41, 5.74) is 1.66. The Morgan fingerprint density at radius 1 is 1.30 bits per heavy atom. The second kappa shape index (κ2) is 5.65. The van der Waals surface area contributed by atoms with Crippen LogP contribution in [0.5, 0.6) is 0 Å². The summed E-state index contributed by atoms with van der Waals surface area (Å²) in [4.78, 5) is 28.2. The number of carbonyl (C=O) groups is 2. The highest BCUT2D eigenvalue weighted by Crippen LogP contribution is 2.35. The second-order valence-electron chi connectivity index (χ2n) is 5.55. The van der Waals surface area contributed by atoms with Crippen LogP contribution in [0.25, 0.3) is 0 Å². The van der Waals surface area contributed by atoms with Crippen LogP contribution in [0.15, 0.2) is 24.3 Å². The summed E-state index contributed by atoms with van der Waals surface area (Å²) in [7, 11) is 0. The van der Waals surface area contributed by atoms with Gasteiger partial charge in [-0.2, -0.15) is 0 Å². The van der Waals surface area contributed by atoms with Crippen LogP contribution in [-0.2, 0) is 9.59 Å². The molecule has 0 saturated carbocycles. The third-order valence-electron chi connectivity index (χ3n) is 3.93. The number of rotatable bonds is 2. The highest BCUT2D eigenvalue weighted by Gasteiger charge is 2.35. The molecule has 0 bridgehead atoms. The standard InChI is InChI=1S/C16H22N2O2/c1-5-17-14-8-6-7-9-15(14)18(12(4)19)10-13(11(2)3)16(17)20/h6-9,11,13H,5,10H2,1-4H3/t13-/m1/s1. The molecule has 1 aromatic carbocycles. The Hall–Kier alpha value is -1.84. The Kier molecular flexibility index (Phi) is 4.12. The Bertz CT molecular complexity index is 510. The second-order valence-corrected chi connectivity index (χ2v) is 5.55. The number of anilines is 2. The summed E-state index contributed by atoms with van der Waals surface area (Å²) in [5.74, 6) is 0.131. The van der Waals surface area contributed by atoms with Crippen molar-refractivity contribution in [1.82, 2.24) is 0 Å². The molecule has 1 aliphatic heterocycles. The van der Waals surface area contributed by atoms with Gasteiger partial charge in [0.05, 0.1) is 17.3 Å². The maximum atomic E-state index is 12.7. The summed E-state index contributed by atoms with van der Waals surface area (Å²) in [6, 6.07) is 7.64. The van der Waals surface area contributed by atoms with Crippen LogP contribution in [0, 0.1) is 11.8 Å². The summed E-state index contributed by atoms with van der Waals surface area (Å²) in [6.07, 6.45) is 0. The molecule has 0 aliphatic carbocycles. The van der Waals surface area contributed by atoms with E-state index in [2.05, 4.69) is 0 Å². The van der Waals surface area contributed by atoms with Crippen molar-refractivity contribution in [3.63, 3.8) is 0 Å². The van der Waals surface area contributed by atoms with Gasteiger partial charge in [0.15, 0.2) is 0 Å². The van der Waals surface area contributed by atoms with Crippen LogP contribution < -0.4 is 9.80 Å². The minimum absolute atomic E-state index is 0.0196. The zero-order chi connectivity index (χ0) is 14.9. The average Bonchev–Trinajstić information content (AvgIpc) is 2.52. The van der Waals surface area contributed by atoms with E-state index >= 15 is 0 Å². The van der Waals surface area contributed by atoms with Gasteiger partial charge in [0.25, 0.3) is 0 Å². The maximum Gasteiger partial charge on any atom is 0.232 e. The third kappa shape index (κ3) is 2.42. The molecule has 0 radical (unpaired) electrons. The molecule has 4 nitrogen and oxygen atoms in total. The van der Waals surface area contributed by atoms with Gasteiger partial charge in [-0.05, 0) is 25.0 Å². The predicted octanol–water partition coefficient (Wildman–Crippen LogP) is 2.68. The van der Waals surface area contributed by atoms with Gasteiger partial charge in [0, 0.05) is 20.0 Å². The fourth-order valence-corrected chi connectivity index (χ4v) is 2.73. The van der Waals surface area contributed by atoms with Gasteiger partial charge in [0.1, 0.15) is 0 Å². The fourth-order valence-electron chi connectivity index (χ4n) is 2.73. The van der Waals surface area contributed by atoms with Crippen molar-refractivity contribution >= 4 is 23.2 Å². The van der Waals surface area contributed by atoms with Crippen LogP contribution in [0.2, 0.25) is 0 Å². The molecule has 0 saturated heterocycles. The van der Waals surface area contributed by atoms with Gasteiger partial charge < -0.3 is 9.80 Å². The molecule has 0 N–H and O–H groups in total. The molecule has 2 amide bonds. The Morgan fingerprint density at radius 2 is 1.90 bits per heavy atom. The van der Waals surface area contributed by atoms with Gasteiger partial charge in [-0.25, -0.2) is 0 Å². The average molecular weight is 274 g/mol. The van der Waals surface area contributed by atoms with Crippen molar-refractivity contribution in [3.05, 3.63) is 24.3 Å². The molecular formula is C16H22N2O2. The lowest BCUT2D eigenvalue weighted by atomic mass is 9.94. The third-order valence-corrected chi connectivity index (χ3v) is 3.93. The van der Waals surface area contributed by atoms with E-state index in [0.29, 0.717) is 13.1 Å². The minimum Gasteiger partial charge on any atom is -0.310 e. The fraction of sp³-hybridized carbons (Fsp3) is 0.500. The Balaban J connectivity index is 2.58. The first-order valence-electron chi connectivity index (χ1n) is 7.15. The van der Waals surface area contributed by atoms with Crippen molar-refractivity contribution in [2.24, 2.45) is 11.8 Å². The van der Waals surface area contributed by atoms with E-state index in [0.717, 1.165) is 11.4 Å². The largest absolute Gasteiger partial charge is 0.310 e. The number of nitrogens with zero attached hydrogens (tertiary/aromatic N) is 2. The first-order valence-corrected chi connectivity index (χ1v) is 7.15. The minimum atomic E-state index is -0.161. The van der Waals surface area contributed by atoms with E-state index in [9.17, 15) is 9.59 Å². The molecular weight excluding hydrogens is 252 g/mol. The zero-order valence-electron chi connectivity index (χ0n) is 12.6. The SMILES string of the molecule is CCN1C(=O)[C@@H](C(C)C)CN(C(C)=O)c2ccccc21. The molecule has 1 aliphatic rings. The van der Waals surface area contributed by atoms with Gasteiger partial charge in [-0.1, -0.05) is 26.0 Å². The molecule has 0 unspecified atom stereocenters. The van der Waals surface area contributed by atoms with E-state index in [1.165, 1.54) is 0 Å². The van der Waals surface area contributed by atoms with Crippen LogP contribution >= 0.6 is 0 Å². The molecule has 0 fully saturated rings. The number of hydrogen-bond donors (Lipinski definition) is 0. The van der Waals surface area contributed by atoms with Gasteiger partial charge >= 0.3 is 0 Å². The molecule has 1 heterocycles. The Labute approximate surface area is 120 Å².